The maximum absolute atomic E-state index is 10.1. The van der Waals surface area contributed by atoms with Crippen molar-refractivity contribution in [1.82, 2.24) is 0 Å². The zero-order valence-electron chi connectivity index (χ0n) is 13.9. The highest BCUT2D eigenvalue weighted by molar-refractivity contribution is 5.23. The highest BCUT2D eigenvalue weighted by atomic mass is 16.3. The second kappa shape index (κ2) is 4.85. The minimum Gasteiger partial charge on any atom is -0.393 e. The van der Waals surface area contributed by atoms with Gasteiger partial charge in [-0.25, -0.2) is 0 Å². The molecular weight excluding hydrogens is 256 g/mol. The first-order chi connectivity index (χ1) is 10.0. The van der Waals surface area contributed by atoms with Gasteiger partial charge in [0.25, 0.3) is 0 Å². The lowest BCUT2D eigenvalue weighted by atomic mass is 9.51. The van der Waals surface area contributed by atoms with E-state index in [1.54, 1.807) is 5.57 Å². The van der Waals surface area contributed by atoms with Gasteiger partial charge < -0.3 is 5.11 Å². The molecule has 0 radical (unpaired) electrons. The smallest absolute Gasteiger partial charge is 0.0577 e. The van der Waals surface area contributed by atoms with E-state index >= 15 is 0 Å². The molecule has 1 N–H and O–H groups in total. The van der Waals surface area contributed by atoms with Crippen molar-refractivity contribution in [2.75, 3.05) is 0 Å². The summed E-state index contributed by atoms with van der Waals surface area (Å²) in [7, 11) is 0. The van der Waals surface area contributed by atoms with Gasteiger partial charge in [-0.1, -0.05) is 31.9 Å². The second-order valence-electron chi connectivity index (χ2n) is 9.08. The summed E-state index contributed by atoms with van der Waals surface area (Å²) in [5, 5.41) is 10.1. The predicted molar refractivity (Wildman–Crippen MR) is 86.9 cm³/mol. The number of hydrogen-bond donors (Lipinski definition) is 1. The van der Waals surface area contributed by atoms with Crippen molar-refractivity contribution >= 4 is 0 Å². The lowest BCUT2D eigenvalue weighted by Gasteiger charge is -2.54. The Morgan fingerprint density at radius 2 is 1.86 bits per heavy atom. The van der Waals surface area contributed by atoms with Gasteiger partial charge in [-0.15, -0.1) is 0 Å². The molecule has 4 aliphatic carbocycles. The van der Waals surface area contributed by atoms with Gasteiger partial charge in [0, 0.05) is 0 Å². The Morgan fingerprint density at radius 3 is 2.71 bits per heavy atom. The van der Waals surface area contributed by atoms with Crippen LogP contribution < -0.4 is 0 Å². The van der Waals surface area contributed by atoms with Gasteiger partial charge in [-0.05, 0) is 86.4 Å². The summed E-state index contributed by atoms with van der Waals surface area (Å²) in [6.45, 7) is 5.14. The van der Waals surface area contributed by atoms with Crippen molar-refractivity contribution in [1.29, 1.82) is 0 Å². The summed E-state index contributed by atoms with van der Waals surface area (Å²) >= 11 is 0. The number of aliphatic hydroxyl groups is 1. The first kappa shape index (κ1) is 14.3. The van der Waals surface area contributed by atoms with Gasteiger partial charge in [0.05, 0.1) is 6.10 Å². The molecule has 0 bridgehead atoms. The third-order valence-corrected chi connectivity index (χ3v) is 8.11. The Hall–Kier alpha value is -0.300. The molecule has 4 unspecified atom stereocenters. The fourth-order valence-corrected chi connectivity index (χ4v) is 6.88. The van der Waals surface area contributed by atoms with E-state index in [1.807, 2.05) is 0 Å². The number of rotatable bonds is 0. The average molecular weight is 288 g/mol. The van der Waals surface area contributed by atoms with Crippen LogP contribution in [0.1, 0.15) is 78.1 Å². The van der Waals surface area contributed by atoms with Crippen molar-refractivity contribution in [3.63, 3.8) is 0 Å². The molecule has 0 aromatic carbocycles. The summed E-state index contributed by atoms with van der Waals surface area (Å²) in [5.41, 5.74) is 2.69. The fraction of sp³-hybridized carbons (Fsp3) is 0.900. The molecule has 6 atom stereocenters. The van der Waals surface area contributed by atoms with Crippen LogP contribution >= 0.6 is 0 Å². The first-order valence-corrected chi connectivity index (χ1v) is 9.40. The summed E-state index contributed by atoms with van der Waals surface area (Å²) in [4.78, 5) is 0. The number of aliphatic hydroxyl groups excluding tert-OH is 1. The predicted octanol–water partition coefficient (Wildman–Crippen LogP) is 5.09. The van der Waals surface area contributed by atoms with Crippen molar-refractivity contribution in [2.24, 2.45) is 28.6 Å². The first-order valence-electron chi connectivity index (χ1n) is 9.40. The van der Waals surface area contributed by atoms with Gasteiger partial charge in [0.1, 0.15) is 0 Å². The molecule has 0 saturated heterocycles. The van der Waals surface area contributed by atoms with Crippen LogP contribution in [0.2, 0.25) is 0 Å². The van der Waals surface area contributed by atoms with Crippen LogP contribution in [-0.2, 0) is 0 Å². The fourth-order valence-electron chi connectivity index (χ4n) is 6.88. The standard InChI is InChI=1S/C20H32O/c1-19-10-4-7-17(19)16-6-3-5-14-13-15(21)8-12-20(14,2)18(16)9-11-19/h5,15-18,21H,3-4,6-13H2,1-2H3/t15?,16?,17?,18?,19-,20-/m0/s1. The van der Waals surface area contributed by atoms with E-state index in [0.717, 1.165) is 30.6 Å². The molecule has 3 saturated carbocycles. The van der Waals surface area contributed by atoms with Crippen LogP contribution in [0.4, 0.5) is 0 Å². The van der Waals surface area contributed by atoms with E-state index < -0.39 is 0 Å². The molecule has 4 rings (SSSR count). The van der Waals surface area contributed by atoms with Crippen molar-refractivity contribution in [3.05, 3.63) is 11.6 Å². The van der Waals surface area contributed by atoms with Gasteiger partial charge in [-0.2, -0.15) is 0 Å². The highest BCUT2D eigenvalue weighted by Gasteiger charge is 2.54. The third kappa shape index (κ3) is 2.06. The van der Waals surface area contributed by atoms with E-state index in [4.69, 9.17) is 0 Å². The Morgan fingerprint density at radius 1 is 1.00 bits per heavy atom. The van der Waals surface area contributed by atoms with Gasteiger partial charge in [0.15, 0.2) is 0 Å². The molecule has 0 heterocycles. The molecule has 1 nitrogen and oxygen atoms in total. The second-order valence-corrected chi connectivity index (χ2v) is 9.08. The quantitative estimate of drug-likeness (QED) is 0.616. The molecular formula is C20H32O. The Balaban J connectivity index is 1.68. The third-order valence-electron chi connectivity index (χ3n) is 8.11. The molecule has 0 amide bonds. The van der Waals surface area contributed by atoms with Crippen molar-refractivity contribution in [2.45, 2.75) is 84.2 Å². The number of fused-ring (bicyclic) bond motifs is 5. The number of allylic oxidation sites excluding steroid dienone is 1. The minimum absolute atomic E-state index is 0.0683. The maximum atomic E-state index is 10.1. The average Bonchev–Trinajstić information content (AvgIpc) is 2.78. The highest BCUT2D eigenvalue weighted by Crippen LogP contribution is 2.63. The van der Waals surface area contributed by atoms with E-state index in [1.165, 1.54) is 51.4 Å². The number of hydrogen-bond acceptors (Lipinski definition) is 1. The SMILES string of the molecule is C[C@@]12CCCC1C1CCC=C3CC(O)CC[C@]3(C)C1CC2. The molecule has 0 aliphatic heterocycles. The zero-order chi connectivity index (χ0) is 14.7. The Labute approximate surface area is 130 Å². The molecule has 0 aromatic rings. The normalized spacial score (nSPS) is 53.2. The molecule has 0 spiro atoms. The van der Waals surface area contributed by atoms with Gasteiger partial charge in [-0.3, -0.25) is 0 Å². The molecule has 4 aliphatic rings. The maximum Gasteiger partial charge on any atom is 0.0577 e. The minimum atomic E-state index is -0.0683. The summed E-state index contributed by atoms with van der Waals surface area (Å²) in [6, 6.07) is 0. The summed E-state index contributed by atoms with van der Waals surface area (Å²) in [6.07, 6.45) is 15.7. The van der Waals surface area contributed by atoms with Gasteiger partial charge >= 0.3 is 0 Å². The van der Waals surface area contributed by atoms with Crippen molar-refractivity contribution in [3.8, 4) is 0 Å². The molecule has 0 aromatic heterocycles. The van der Waals surface area contributed by atoms with Crippen LogP contribution in [0.15, 0.2) is 11.6 Å². The van der Waals surface area contributed by atoms with E-state index in [-0.39, 0.29) is 6.10 Å². The topological polar surface area (TPSA) is 20.2 Å². The monoisotopic (exact) mass is 288 g/mol. The lowest BCUT2D eigenvalue weighted by molar-refractivity contribution is -0.0273. The van der Waals surface area contributed by atoms with Gasteiger partial charge in [0.2, 0.25) is 0 Å². The van der Waals surface area contributed by atoms with E-state index in [2.05, 4.69) is 19.9 Å². The molecule has 1 heteroatoms. The van der Waals surface area contributed by atoms with Crippen LogP contribution in [0.25, 0.3) is 0 Å². The molecule has 3 fully saturated rings. The molecule has 118 valence electrons. The van der Waals surface area contributed by atoms with Crippen molar-refractivity contribution < 1.29 is 5.11 Å². The summed E-state index contributed by atoms with van der Waals surface area (Å²) < 4.78 is 0. The summed E-state index contributed by atoms with van der Waals surface area (Å²) in [5.74, 6) is 2.85. The Bertz CT molecular complexity index is 453. The molecule has 21 heavy (non-hydrogen) atoms. The van der Waals surface area contributed by atoms with E-state index in [0.29, 0.717) is 10.8 Å². The Kier molecular flexibility index (Phi) is 3.30. The van der Waals surface area contributed by atoms with Crippen LogP contribution in [0.5, 0.6) is 0 Å². The zero-order valence-corrected chi connectivity index (χ0v) is 13.9. The largest absolute Gasteiger partial charge is 0.393 e. The van der Waals surface area contributed by atoms with Crippen LogP contribution in [-0.4, -0.2) is 11.2 Å². The lowest BCUT2D eigenvalue weighted by Crippen LogP contribution is -2.46. The van der Waals surface area contributed by atoms with E-state index in [9.17, 15) is 5.11 Å². The van der Waals surface area contributed by atoms with Crippen LogP contribution in [0, 0.1) is 28.6 Å². The van der Waals surface area contributed by atoms with Crippen LogP contribution in [0.3, 0.4) is 0 Å².